The third-order valence-corrected chi connectivity index (χ3v) is 3.88. The Hall–Kier alpha value is -1.95. The quantitative estimate of drug-likeness (QED) is 0.674. The summed E-state index contributed by atoms with van der Waals surface area (Å²) >= 11 is 0. The highest BCUT2D eigenvalue weighted by atomic mass is 16.6. The second-order valence-corrected chi connectivity index (χ2v) is 5.28. The molecule has 1 aliphatic rings. The summed E-state index contributed by atoms with van der Waals surface area (Å²) in [4.78, 5) is 24.1. The largest absolute Gasteiger partial charge is 0.366 e. The molecule has 2 rings (SSSR count). The van der Waals surface area contributed by atoms with E-state index in [2.05, 4.69) is 11.8 Å². The highest BCUT2D eigenvalue weighted by molar-refractivity contribution is 5.93. The van der Waals surface area contributed by atoms with Gasteiger partial charge in [0.2, 0.25) is 5.91 Å². The Labute approximate surface area is 117 Å². The number of piperidine rings is 1. The van der Waals surface area contributed by atoms with Crippen LogP contribution >= 0.6 is 0 Å². The number of primary amides is 1. The number of carbonyl (C=O) groups excluding carboxylic acids is 1. The summed E-state index contributed by atoms with van der Waals surface area (Å²) in [6, 6.07) is 4.89. The number of likely N-dealkylation sites (tertiary alicyclic amines) is 1. The van der Waals surface area contributed by atoms with E-state index in [9.17, 15) is 14.9 Å². The Balaban J connectivity index is 2.26. The van der Waals surface area contributed by atoms with Gasteiger partial charge in [-0.05, 0) is 32.4 Å². The molecule has 1 aromatic rings. The van der Waals surface area contributed by atoms with Gasteiger partial charge >= 0.3 is 0 Å². The zero-order chi connectivity index (χ0) is 14.7. The lowest BCUT2D eigenvalue weighted by Gasteiger charge is -2.33. The second kappa shape index (κ2) is 6.00. The standard InChI is InChI=1S/C14H19N3O3/c1-10-4-2-3-7-16(10)9-12-6-5-11(14(15)18)8-13(12)17(19)20/h5-6,8,10H,2-4,7,9H2,1H3,(H2,15,18). The zero-order valence-corrected chi connectivity index (χ0v) is 11.5. The fraction of sp³-hybridized carbons (Fsp3) is 0.500. The number of nitro benzene ring substituents is 1. The van der Waals surface area contributed by atoms with Crippen LogP contribution in [0, 0.1) is 10.1 Å². The van der Waals surface area contributed by atoms with Crippen molar-refractivity contribution in [1.29, 1.82) is 0 Å². The number of nitro groups is 1. The maximum absolute atomic E-state index is 11.2. The molecular weight excluding hydrogens is 258 g/mol. The summed E-state index contributed by atoms with van der Waals surface area (Å²) in [7, 11) is 0. The van der Waals surface area contributed by atoms with Gasteiger partial charge in [-0.1, -0.05) is 12.5 Å². The van der Waals surface area contributed by atoms with E-state index in [1.165, 1.54) is 12.5 Å². The molecule has 1 aliphatic heterocycles. The van der Waals surface area contributed by atoms with E-state index >= 15 is 0 Å². The molecule has 0 spiro atoms. The van der Waals surface area contributed by atoms with Gasteiger partial charge in [0, 0.05) is 29.8 Å². The lowest BCUT2D eigenvalue weighted by molar-refractivity contribution is -0.385. The number of rotatable bonds is 4. The Morgan fingerprint density at radius 3 is 2.85 bits per heavy atom. The van der Waals surface area contributed by atoms with Crippen LogP contribution in [0.15, 0.2) is 18.2 Å². The predicted octanol–water partition coefficient (Wildman–Crippen LogP) is 2.07. The van der Waals surface area contributed by atoms with Gasteiger partial charge in [-0.15, -0.1) is 0 Å². The summed E-state index contributed by atoms with van der Waals surface area (Å²) in [6.45, 7) is 3.63. The van der Waals surface area contributed by atoms with Gasteiger partial charge in [0.05, 0.1) is 4.92 Å². The minimum absolute atomic E-state index is 0.0286. The van der Waals surface area contributed by atoms with E-state index in [0.717, 1.165) is 19.4 Å². The van der Waals surface area contributed by atoms with Crippen LogP contribution in [0.2, 0.25) is 0 Å². The minimum atomic E-state index is -0.647. The van der Waals surface area contributed by atoms with Crippen molar-refractivity contribution in [3.63, 3.8) is 0 Å². The molecule has 1 heterocycles. The molecule has 20 heavy (non-hydrogen) atoms. The molecule has 0 aromatic heterocycles. The van der Waals surface area contributed by atoms with Crippen LogP contribution < -0.4 is 5.73 Å². The van der Waals surface area contributed by atoms with E-state index in [0.29, 0.717) is 18.2 Å². The molecule has 1 amide bonds. The third-order valence-electron chi connectivity index (χ3n) is 3.88. The third kappa shape index (κ3) is 3.14. The summed E-state index contributed by atoms with van der Waals surface area (Å²) in [5, 5.41) is 11.2. The van der Waals surface area contributed by atoms with Crippen molar-refractivity contribution in [2.45, 2.75) is 38.8 Å². The van der Waals surface area contributed by atoms with Crippen molar-refractivity contribution >= 4 is 11.6 Å². The molecule has 1 saturated heterocycles. The van der Waals surface area contributed by atoms with Crippen LogP contribution in [-0.2, 0) is 6.54 Å². The van der Waals surface area contributed by atoms with E-state index in [-0.39, 0.29) is 11.3 Å². The van der Waals surface area contributed by atoms with Crippen molar-refractivity contribution in [2.24, 2.45) is 5.73 Å². The lowest BCUT2D eigenvalue weighted by Crippen LogP contribution is -2.36. The molecule has 1 atom stereocenters. The van der Waals surface area contributed by atoms with Gasteiger partial charge in [0.25, 0.3) is 5.69 Å². The van der Waals surface area contributed by atoms with Gasteiger partial charge in [-0.3, -0.25) is 19.8 Å². The Morgan fingerprint density at radius 2 is 2.25 bits per heavy atom. The van der Waals surface area contributed by atoms with E-state index in [1.54, 1.807) is 12.1 Å². The molecular formula is C14H19N3O3. The molecule has 1 unspecified atom stereocenters. The zero-order valence-electron chi connectivity index (χ0n) is 11.5. The summed E-state index contributed by atoms with van der Waals surface area (Å²) in [5.74, 6) is -0.647. The SMILES string of the molecule is CC1CCCCN1Cc1ccc(C(N)=O)cc1[N+](=O)[O-]. The van der Waals surface area contributed by atoms with Crippen molar-refractivity contribution in [1.82, 2.24) is 4.90 Å². The maximum Gasteiger partial charge on any atom is 0.274 e. The highest BCUT2D eigenvalue weighted by Crippen LogP contribution is 2.25. The predicted molar refractivity (Wildman–Crippen MR) is 75.3 cm³/mol. The Kier molecular flexibility index (Phi) is 4.34. The van der Waals surface area contributed by atoms with Crippen LogP contribution in [0.4, 0.5) is 5.69 Å². The fourth-order valence-electron chi connectivity index (χ4n) is 2.63. The minimum Gasteiger partial charge on any atom is -0.366 e. The Morgan fingerprint density at radius 1 is 1.50 bits per heavy atom. The average Bonchev–Trinajstić information content (AvgIpc) is 2.41. The van der Waals surface area contributed by atoms with Crippen LogP contribution in [0.5, 0.6) is 0 Å². The van der Waals surface area contributed by atoms with Crippen LogP contribution in [0.3, 0.4) is 0 Å². The summed E-state index contributed by atoms with van der Waals surface area (Å²) in [6.07, 6.45) is 3.45. The van der Waals surface area contributed by atoms with Crippen molar-refractivity contribution in [3.8, 4) is 0 Å². The van der Waals surface area contributed by atoms with Crippen molar-refractivity contribution < 1.29 is 9.72 Å². The molecule has 2 N–H and O–H groups in total. The Bertz CT molecular complexity index is 530. The van der Waals surface area contributed by atoms with Crippen molar-refractivity contribution in [3.05, 3.63) is 39.4 Å². The van der Waals surface area contributed by atoms with Crippen LogP contribution in [-0.4, -0.2) is 28.3 Å². The first-order chi connectivity index (χ1) is 9.49. The van der Waals surface area contributed by atoms with E-state index in [1.807, 2.05) is 0 Å². The molecule has 0 radical (unpaired) electrons. The number of hydrogen-bond acceptors (Lipinski definition) is 4. The smallest absolute Gasteiger partial charge is 0.274 e. The number of nitrogens with two attached hydrogens (primary N) is 1. The van der Waals surface area contributed by atoms with Gasteiger partial charge in [-0.2, -0.15) is 0 Å². The maximum atomic E-state index is 11.2. The summed E-state index contributed by atoms with van der Waals surface area (Å²) in [5.41, 5.74) is 5.94. The van der Waals surface area contributed by atoms with Gasteiger partial charge in [0.1, 0.15) is 0 Å². The molecule has 0 bridgehead atoms. The second-order valence-electron chi connectivity index (χ2n) is 5.28. The number of benzene rings is 1. The van der Waals surface area contributed by atoms with E-state index in [4.69, 9.17) is 5.73 Å². The highest BCUT2D eigenvalue weighted by Gasteiger charge is 2.23. The van der Waals surface area contributed by atoms with Crippen LogP contribution in [0.25, 0.3) is 0 Å². The molecule has 108 valence electrons. The number of nitrogens with zero attached hydrogens (tertiary/aromatic N) is 2. The topological polar surface area (TPSA) is 89.5 Å². The molecule has 0 saturated carbocycles. The first-order valence-corrected chi connectivity index (χ1v) is 6.80. The molecule has 6 nitrogen and oxygen atoms in total. The number of amides is 1. The molecule has 0 aliphatic carbocycles. The monoisotopic (exact) mass is 277 g/mol. The van der Waals surface area contributed by atoms with Gasteiger partial charge in [0.15, 0.2) is 0 Å². The molecule has 6 heteroatoms. The number of hydrogen-bond donors (Lipinski definition) is 1. The van der Waals surface area contributed by atoms with Gasteiger partial charge < -0.3 is 5.73 Å². The summed E-state index contributed by atoms with van der Waals surface area (Å²) < 4.78 is 0. The molecule has 1 aromatic carbocycles. The number of carbonyl (C=O) groups is 1. The lowest BCUT2D eigenvalue weighted by atomic mass is 10.0. The van der Waals surface area contributed by atoms with Crippen molar-refractivity contribution in [2.75, 3.05) is 6.54 Å². The van der Waals surface area contributed by atoms with Gasteiger partial charge in [-0.25, -0.2) is 0 Å². The first kappa shape index (κ1) is 14.5. The first-order valence-electron chi connectivity index (χ1n) is 6.80. The van der Waals surface area contributed by atoms with E-state index < -0.39 is 10.8 Å². The normalized spacial score (nSPS) is 19.8. The molecule has 1 fully saturated rings. The van der Waals surface area contributed by atoms with Crippen LogP contribution in [0.1, 0.15) is 42.1 Å². The fourth-order valence-corrected chi connectivity index (χ4v) is 2.63. The average molecular weight is 277 g/mol.